The summed E-state index contributed by atoms with van der Waals surface area (Å²) in [4.78, 5) is 35.2. The highest BCUT2D eigenvalue weighted by molar-refractivity contribution is 7.99. The summed E-state index contributed by atoms with van der Waals surface area (Å²) >= 11 is 1.10. The van der Waals surface area contributed by atoms with E-state index in [1.165, 1.54) is 24.3 Å². The molecule has 0 bridgehead atoms. The van der Waals surface area contributed by atoms with Crippen LogP contribution in [0.5, 0.6) is 0 Å². The number of halogens is 1. The van der Waals surface area contributed by atoms with Crippen LogP contribution in [0.2, 0.25) is 0 Å². The second-order valence-corrected chi connectivity index (χ2v) is 8.00. The van der Waals surface area contributed by atoms with E-state index in [1.54, 1.807) is 35.8 Å². The molecule has 12 heteroatoms. The molecule has 1 heterocycles. The number of hydrogen-bond acceptors (Lipinski definition) is 7. The Morgan fingerprint density at radius 3 is 2.74 bits per heavy atom. The van der Waals surface area contributed by atoms with Gasteiger partial charge in [0.25, 0.3) is 11.6 Å². The van der Waals surface area contributed by atoms with Gasteiger partial charge in [0, 0.05) is 23.9 Å². The van der Waals surface area contributed by atoms with Crippen LogP contribution in [0.4, 0.5) is 15.8 Å². The average Bonchev–Trinajstić information content (AvgIpc) is 3.19. The monoisotopic (exact) mass is 484 g/mol. The van der Waals surface area contributed by atoms with E-state index < -0.39 is 16.6 Å². The van der Waals surface area contributed by atoms with Crippen molar-refractivity contribution in [3.8, 4) is 0 Å². The van der Waals surface area contributed by atoms with E-state index >= 15 is 0 Å². The summed E-state index contributed by atoms with van der Waals surface area (Å²) in [6, 6.07) is 10.1. The topological polar surface area (TPSA) is 132 Å². The van der Waals surface area contributed by atoms with Gasteiger partial charge in [-0.2, -0.15) is 0 Å². The maximum absolute atomic E-state index is 13.8. The first-order valence-corrected chi connectivity index (χ1v) is 11.0. The van der Waals surface area contributed by atoms with Crippen LogP contribution < -0.4 is 10.6 Å². The first kappa shape index (κ1) is 24.6. The molecule has 0 saturated carbocycles. The third kappa shape index (κ3) is 6.04. The third-order valence-corrected chi connectivity index (χ3v) is 5.62. The Balaban J connectivity index is 1.63. The molecule has 3 rings (SSSR count). The number of carbonyl (C=O) groups is 2. The Kier molecular flexibility index (Phi) is 8.09. The fraction of sp³-hybridized carbons (Fsp3) is 0.182. The minimum absolute atomic E-state index is 0.00615. The van der Waals surface area contributed by atoms with Gasteiger partial charge in [-0.05, 0) is 25.1 Å². The summed E-state index contributed by atoms with van der Waals surface area (Å²) < 4.78 is 15.5. The molecule has 0 spiro atoms. The number of nitrogens with one attached hydrogen (secondary N) is 2. The van der Waals surface area contributed by atoms with Gasteiger partial charge in [0.05, 0.1) is 22.8 Å². The lowest BCUT2D eigenvalue weighted by Gasteiger charge is -2.09. The number of amides is 2. The van der Waals surface area contributed by atoms with Crippen LogP contribution >= 0.6 is 11.8 Å². The summed E-state index contributed by atoms with van der Waals surface area (Å²) in [5.41, 5.74) is 0.634. The van der Waals surface area contributed by atoms with Crippen LogP contribution in [0.3, 0.4) is 0 Å². The number of rotatable bonds is 10. The van der Waals surface area contributed by atoms with Gasteiger partial charge in [0.15, 0.2) is 11.0 Å². The number of thioether (sulfide) groups is 1. The van der Waals surface area contributed by atoms with Crippen molar-refractivity contribution in [2.75, 3.05) is 11.1 Å². The van der Waals surface area contributed by atoms with Gasteiger partial charge in [-0.25, -0.2) is 4.39 Å². The SMILES string of the molecule is C=CCn1c(CNC(=O)c2ccccc2F)nnc1SCC(=O)Nc1ccc(C)c([N+](=O)[O-])c1. The summed E-state index contributed by atoms with van der Waals surface area (Å²) in [5.74, 6) is -1.23. The lowest BCUT2D eigenvalue weighted by atomic mass is 10.2. The van der Waals surface area contributed by atoms with E-state index in [9.17, 15) is 24.1 Å². The number of hydrogen-bond donors (Lipinski definition) is 2. The van der Waals surface area contributed by atoms with E-state index in [4.69, 9.17) is 0 Å². The molecule has 0 fully saturated rings. The van der Waals surface area contributed by atoms with Crippen molar-refractivity contribution in [1.82, 2.24) is 20.1 Å². The van der Waals surface area contributed by atoms with Crippen molar-refractivity contribution in [2.45, 2.75) is 25.2 Å². The van der Waals surface area contributed by atoms with Crippen molar-refractivity contribution in [3.63, 3.8) is 0 Å². The highest BCUT2D eigenvalue weighted by Crippen LogP contribution is 2.23. The van der Waals surface area contributed by atoms with E-state index in [0.29, 0.717) is 28.8 Å². The molecule has 0 unspecified atom stereocenters. The zero-order valence-corrected chi connectivity index (χ0v) is 19.0. The number of allylic oxidation sites excluding steroid dienone is 1. The second-order valence-electron chi connectivity index (χ2n) is 7.06. The highest BCUT2D eigenvalue weighted by Gasteiger charge is 2.17. The quantitative estimate of drug-likeness (QED) is 0.195. The summed E-state index contributed by atoms with van der Waals surface area (Å²) in [7, 11) is 0. The van der Waals surface area contributed by atoms with Crippen LogP contribution in [0.25, 0.3) is 0 Å². The molecule has 0 saturated heterocycles. The van der Waals surface area contributed by atoms with Crippen molar-refractivity contribution in [3.05, 3.63) is 88.0 Å². The molecule has 34 heavy (non-hydrogen) atoms. The first-order valence-electron chi connectivity index (χ1n) is 10.0. The van der Waals surface area contributed by atoms with E-state index in [2.05, 4.69) is 27.4 Å². The predicted molar refractivity (Wildman–Crippen MR) is 125 cm³/mol. The zero-order chi connectivity index (χ0) is 24.7. The largest absolute Gasteiger partial charge is 0.345 e. The Morgan fingerprint density at radius 1 is 1.26 bits per heavy atom. The van der Waals surface area contributed by atoms with E-state index in [1.807, 2.05) is 0 Å². The van der Waals surface area contributed by atoms with Gasteiger partial charge in [0.1, 0.15) is 5.82 Å². The number of aryl methyl sites for hydroxylation is 1. The Hall–Kier alpha value is -4.06. The Labute approximate surface area is 198 Å². The van der Waals surface area contributed by atoms with Gasteiger partial charge in [-0.15, -0.1) is 16.8 Å². The Morgan fingerprint density at radius 2 is 2.03 bits per heavy atom. The lowest BCUT2D eigenvalue weighted by molar-refractivity contribution is -0.385. The zero-order valence-electron chi connectivity index (χ0n) is 18.2. The molecule has 1 aromatic heterocycles. The highest BCUT2D eigenvalue weighted by atomic mass is 32.2. The maximum Gasteiger partial charge on any atom is 0.274 e. The molecule has 10 nitrogen and oxygen atoms in total. The molecule has 0 aliphatic heterocycles. The minimum Gasteiger partial charge on any atom is -0.345 e. The molecule has 0 atom stereocenters. The normalized spacial score (nSPS) is 10.5. The standard InChI is InChI=1S/C22H21FN6O4S/c1-3-10-28-19(12-24-21(31)16-6-4-5-7-17(16)23)26-27-22(28)34-13-20(30)25-15-9-8-14(2)18(11-15)29(32)33/h3-9,11H,1,10,12-13H2,2H3,(H,24,31)(H,25,30). The molecule has 176 valence electrons. The van der Waals surface area contributed by atoms with Gasteiger partial charge in [0.2, 0.25) is 5.91 Å². The molecular weight excluding hydrogens is 463 g/mol. The number of benzene rings is 2. The number of anilines is 1. The van der Waals surface area contributed by atoms with Crippen LogP contribution in [0, 0.1) is 22.9 Å². The number of nitrogens with zero attached hydrogens (tertiary/aromatic N) is 4. The lowest BCUT2D eigenvalue weighted by Crippen LogP contribution is -2.25. The third-order valence-electron chi connectivity index (χ3n) is 4.65. The number of aromatic nitrogens is 3. The average molecular weight is 485 g/mol. The fourth-order valence-corrected chi connectivity index (χ4v) is 3.75. The van der Waals surface area contributed by atoms with Crippen LogP contribution in [0.15, 0.2) is 60.3 Å². The van der Waals surface area contributed by atoms with Crippen LogP contribution in [-0.2, 0) is 17.9 Å². The second kappa shape index (κ2) is 11.2. The molecule has 3 aromatic rings. The van der Waals surface area contributed by atoms with Crippen LogP contribution in [-0.4, -0.2) is 37.3 Å². The van der Waals surface area contributed by atoms with Crippen molar-refractivity contribution < 1.29 is 18.9 Å². The molecular formula is C22H21FN6O4S. The molecule has 0 aliphatic rings. The first-order chi connectivity index (χ1) is 16.3. The Bertz CT molecular complexity index is 1250. The van der Waals surface area contributed by atoms with Gasteiger partial charge >= 0.3 is 0 Å². The molecule has 2 aromatic carbocycles. The maximum atomic E-state index is 13.8. The smallest absolute Gasteiger partial charge is 0.274 e. The summed E-state index contributed by atoms with van der Waals surface area (Å²) in [5, 5.41) is 24.8. The fourth-order valence-electron chi connectivity index (χ4n) is 2.98. The van der Waals surface area contributed by atoms with E-state index in [0.717, 1.165) is 11.8 Å². The molecule has 0 radical (unpaired) electrons. The summed E-state index contributed by atoms with van der Waals surface area (Å²) in [6.07, 6.45) is 1.61. The predicted octanol–water partition coefficient (Wildman–Crippen LogP) is 3.48. The van der Waals surface area contributed by atoms with Crippen molar-refractivity contribution in [1.29, 1.82) is 0 Å². The van der Waals surface area contributed by atoms with Crippen LogP contribution in [0.1, 0.15) is 21.7 Å². The van der Waals surface area contributed by atoms with Gasteiger partial charge in [-0.1, -0.05) is 36.0 Å². The summed E-state index contributed by atoms with van der Waals surface area (Å²) in [6.45, 7) is 5.63. The number of carbonyl (C=O) groups excluding carboxylic acids is 2. The molecule has 2 amide bonds. The van der Waals surface area contributed by atoms with E-state index in [-0.39, 0.29) is 29.5 Å². The minimum atomic E-state index is -0.631. The molecule has 2 N–H and O–H groups in total. The van der Waals surface area contributed by atoms with Gasteiger partial charge in [-0.3, -0.25) is 19.7 Å². The molecule has 0 aliphatic carbocycles. The van der Waals surface area contributed by atoms with Crippen molar-refractivity contribution >= 4 is 35.0 Å². The van der Waals surface area contributed by atoms with Crippen molar-refractivity contribution in [2.24, 2.45) is 0 Å². The number of nitro groups is 1. The number of nitro benzene ring substituents is 1. The van der Waals surface area contributed by atoms with Gasteiger partial charge < -0.3 is 15.2 Å².